The second kappa shape index (κ2) is 18.1. The topological polar surface area (TPSA) is 177 Å². The number of nitrogens with two attached hydrogens (primary N) is 1. The summed E-state index contributed by atoms with van der Waals surface area (Å²) in [4.78, 5) is 29.8. The molecule has 51 heavy (non-hydrogen) atoms. The molecule has 2 heterocycles. The van der Waals surface area contributed by atoms with Gasteiger partial charge in [0.05, 0.1) is 5.02 Å². The van der Waals surface area contributed by atoms with Gasteiger partial charge in [-0.15, -0.1) is 24.8 Å². The van der Waals surface area contributed by atoms with Gasteiger partial charge in [0.2, 0.25) is 15.9 Å². The molecule has 5 rings (SSSR count). The number of nitrogen functional groups attached to an aromatic ring is 1. The minimum absolute atomic E-state index is 0. The van der Waals surface area contributed by atoms with Crippen LogP contribution in [0.25, 0.3) is 10.9 Å². The number of aryl methyl sites for hydroxylation is 2. The fourth-order valence-electron chi connectivity index (χ4n) is 5.58. The largest absolute Gasteiger partial charge is 0.487 e. The molecule has 1 aliphatic heterocycles. The molecule has 5 N–H and O–H groups in total. The number of carbonyl (C=O) groups is 2. The molecule has 0 aliphatic carbocycles. The van der Waals surface area contributed by atoms with E-state index in [-0.39, 0.29) is 78.4 Å². The second-order valence-corrected chi connectivity index (χ2v) is 14.1. The maximum atomic E-state index is 13.9. The molecule has 3 aromatic carbocycles. The van der Waals surface area contributed by atoms with Gasteiger partial charge in [0.1, 0.15) is 40.4 Å². The Morgan fingerprint density at radius 3 is 2.43 bits per heavy atom. The number of carbonyl (C=O) groups excluding carboxylic acids is 2. The van der Waals surface area contributed by atoms with Gasteiger partial charge in [0.25, 0.3) is 5.91 Å². The number of sulfonamides is 1. The summed E-state index contributed by atoms with van der Waals surface area (Å²) in [5.41, 5.74) is 8.81. The number of fused-ring (bicyclic) bond motifs is 1. The van der Waals surface area contributed by atoms with Crippen LogP contribution in [0.2, 0.25) is 10.0 Å². The highest BCUT2D eigenvalue weighted by molar-refractivity contribution is 7.89. The van der Waals surface area contributed by atoms with Crippen molar-refractivity contribution in [3.63, 3.8) is 0 Å². The van der Waals surface area contributed by atoms with Crippen LogP contribution in [-0.2, 0) is 26.2 Å². The van der Waals surface area contributed by atoms with Gasteiger partial charge >= 0.3 is 0 Å². The predicted octanol–water partition coefficient (Wildman–Crippen LogP) is 5.33. The summed E-state index contributed by atoms with van der Waals surface area (Å²) in [5.74, 6) is -0.0304. The molecule has 274 valence electrons. The molecule has 17 heteroatoms. The molecule has 4 aromatic rings. The Hall–Kier alpha value is -3.85. The number of amides is 2. The van der Waals surface area contributed by atoms with Crippen molar-refractivity contribution in [2.45, 2.75) is 44.2 Å². The molecule has 1 aliphatic rings. The summed E-state index contributed by atoms with van der Waals surface area (Å²) in [5, 5.41) is 13.9. The van der Waals surface area contributed by atoms with Gasteiger partial charge in [-0.3, -0.25) is 15.0 Å². The van der Waals surface area contributed by atoms with Crippen molar-refractivity contribution in [1.82, 2.24) is 19.9 Å². The van der Waals surface area contributed by atoms with Crippen LogP contribution in [-0.4, -0.2) is 67.6 Å². The quantitative estimate of drug-likeness (QED) is 0.0797. The van der Waals surface area contributed by atoms with Gasteiger partial charge in [0.15, 0.2) is 6.61 Å². The van der Waals surface area contributed by atoms with Crippen molar-refractivity contribution in [3.8, 4) is 11.5 Å². The van der Waals surface area contributed by atoms with Gasteiger partial charge in [-0.1, -0.05) is 35.3 Å². The number of pyridine rings is 1. The molecular weight excluding hydrogens is 762 g/mol. The van der Waals surface area contributed by atoms with Gasteiger partial charge in [-0.2, -0.15) is 4.31 Å². The third-order valence-electron chi connectivity index (χ3n) is 8.03. The lowest BCUT2D eigenvalue weighted by molar-refractivity contribution is -0.125. The van der Waals surface area contributed by atoms with Crippen LogP contribution in [0.3, 0.4) is 0 Å². The molecule has 1 fully saturated rings. The summed E-state index contributed by atoms with van der Waals surface area (Å²) in [6.45, 7) is 3.84. The number of hydrogen-bond donors (Lipinski definition) is 4. The fourth-order valence-corrected chi connectivity index (χ4v) is 8.10. The number of para-hydroxylation sites is 1. The first-order valence-electron chi connectivity index (χ1n) is 15.5. The highest BCUT2D eigenvalue weighted by atomic mass is 35.5. The van der Waals surface area contributed by atoms with Gasteiger partial charge < -0.3 is 25.8 Å². The minimum Gasteiger partial charge on any atom is -0.487 e. The van der Waals surface area contributed by atoms with E-state index in [2.05, 4.69) is 15.6 Å². The highest BCUT2D eigenvalue weighted by Gasteiger charge is 2.40. The third kappa shape index (κ3) is 9.73. The zero-order chi connectivity index (χ0) is 35.3. The molecule has 0 radical (unpaired) electrons. The maximum Gasteiger partial charge on any atom is 0.258 e. The number of aromatic nitrogens is 1. The molecule has 0 saturated carbocycles. The van der Waals surface area contributed by atoms with Crippen LogP contribution < -0.4 is 25.8 Å². The van der Waals surface area contributed by atoms with Gasteiger partial charge in [-0.05, 0) is 80.8 Å². The molecule has 2 amide bonds. The number of nitrogens with one attached hydrogen (secondary N) is 3. The van der Waals surface area contributed by atoms with Crippen LogP contribution in [0.5, 0.6) is 11.5 Å². The van der Waals surface area contributed by atoms with E-state index in [9.17, 15) is 18.0 Å². The number of nitrogens with zero attached hydrogens (tertiary/aromatic N) is 2. The van der Waals surface area contributed by atoms with E-state index in [4.69, 9.17) is 43.8 Å². The summed E-state index contributed by atoms with van der Waals surface area (Å²) in [6.07, 6.45) is 0.800. The molecule has 1 aromatic heterocycles. The number of halogens is 4. The number of amidine groups is 1. The number of ether oxygens (including phenoxy) is 2. The van der Waals surface area contributed by atoms with Crippen LogP contribution in [0.1, 0.15) is 35.2 Å². The predicted molar refractivity (Wildman–Crippen MR) is 202 cm³/mol. The second-order valence-electron chi connectivity index (χ2n) is 11.5. The molecule has 0 spiro atoms. The minimum atomic E-state index is -4.21. The monoisotopic (exact) mass is 798 g/mol. The third-order valence-corrected chi connectivity index (χ3v) is 10.9. The lowest BCUT2D eigenvalue weighted by Crippen LogP contribution is -2.47. The van der Waals surface area contributed by atoms with E-state index in [1.807, 2.05) is 32.0 Å². The maximum absolute atomic E-state index is 13.9. The van der Waals surface area contributed by atoms with Gasteiger partial charge in [-0.25, -0.2) is 13.4 Å². The Morgan fingerprint density at radius 2 is 1.73 bits per heavy atom. The molecule has 0 unspecified atom stereocenters. The van der Waals surface area contributed by atoms with Crippen LogP contribution in [0, 0.1) is 19.3 Å². The summed E-state index contributed by atoms with van der Waals surface area (Å²) in [6, 6.07) is 15.8. The van der Waals surface area contributed by atoms with Crippen molar-refractivity contribution >= 4 is 86.6 Å². The van der Waals surface area contributed by atoms with Crippen LogP contribution in [0.4, 0.5) is 0 Å². The van der Waals surface area contributed by atoms with Crippen molar-refractivity contribution in [2.24, 2.45) is 5.73 Å². The Bertz CT molecular complexity index is 2020. The normalized spacial score (nSPS) is 14.2. The van der Waals surface area contributed by atoms with Crippen molar-refractivity contribution in [1.29, 1.82) is 5.41 Å². The van der Waals surface area contributed by atoms with Crippen molar-refractivity contribution in [2.75, 3.05) is 26.2 Å². The Balaban J connectivity index is 0.00000351. The zero-order valence-electron chi connectivity index (χ0n) is 27.7. The summed E-state index contributed by atoms with van der Waals surface area (Å²) < 4.78 is 40.5. The van der Waals surface area contributed by atoms with E-state index >= 15 is 0 Å². The molecule has 1 atom stereocenters. The van der Waals surface area contributed by atoms with Crippen molar-refractivity contribution in [3.05, 3.63) is 93.1 Å². The SMILES string of the molecule is Cc1cc(C)c2cccc(OCc3c(Cl)ccc(S(=O)(=O)N4CCC[C@H]4C(=O)NCCNC(=O)COc4ccc(C(=N)N)cc4)c3Cl)c2n1.Cl.Cl. The van der Waals surface area contributed by atoms with E-state index in [1.54, 1.807) is 30.3 Å². The van der Waals surface area contributed by atoms with E-state index in [0.717, 1.165) is 20.9 Å². The van der Waals surface area contributed by atoms with Crippen molar-refractivity contribution < 1.29 is 27.5 Å². The van der Waals surface area contributed by atoms with E-state index in [0.29, 0.717) is 41.0 Å². The first-order chi connectivity index (χ1) is 23.4. The highest BCUT2D eigenvalue weighted by Crippen LogP contribution is 2.36. The fraction of sp³-hybridized carbons (Fsp3) is 0.294. The Morgan fingerprint density at radius 1 is 1.02 bits per heavy atom. The lowest BCUT2D eigenvalue weighted by Gasteiger charge is -2.24. The molecule has 1 saturated heterocycles. The average molecular weight is 801 g/mol. The van der Waals surface area contributed by atoms with Crippen LogP contribution in [0.15, 0.2) is 65.6 Å². The molecular formula is C34H38Cl4N6O6S. The van der Waals surface area contributed by atoms with Gasteiger partial charge in [0, 0.05) is 46.9 Å². The number of hydrogen-bond acceptors (Lipinski definition) is 8. The average Bonchev–Trinajstić information content (AvgIpc) is 3.57. The van der Waals surface area contributed by atoms with E-state index in [1.165, 1.54) is 12.1 Å². The molecule has 0 bridgehead atoms. The van der Waals surface area contributed by atoms with E-state index < -0.39 is 27.9 Å². The smallest absolute Gasteiger partial charge is 0.258 e. The standard InChI is InChI=1S/C34H36Cl2N6O6S.2ClH/c1-20-17-21(2)41-32-24(20)5-3-7-28(32)48-18-25-26(35)12-13-29(31(25)36)49(45,46)42-16-4-6-27(42)34(44)40-15-14-39-30(43)19-47-23-10-8-22(9-11-23)33(37)38;;/h3,5,7-13,17,27H,4,6,14-16,18-19H2,1-2H3,(H3,37,38)(H,39,43)(H,40,44);2*1H/t27-;;/m0../s1. The summed E-state index contributed by atoms with van der Waals surface area (Å²) in [7, 11) is -4.21. The number of rotatable bonds is 13. The zero-order valence-corrected chi connectivity index (χ0v) is 31.7. The Kier molecular flexibility index (Phi) is 14.7. The lowest BCUT2D eigenvalue weighted by atomic mass is 10.1. The Labute approximate surface area is 318 Å². The first kappa shape index (κ1) is 41.6. The number of benzene rings is 3. The van der Waals surface area contributed by atoms with Crippen LogP contribution >= 0.6 is 48.0 Å². The summed E-state index contributed by atoms with van der Waals surface area (Å²) >= 11 is 13.2. The first-order valence-corrected chi connectivity index (χ1v) is 17.7. The molecule has 12 nitrogen and oxygen atoms in total.